The zero-order valence-electron chi connectivity index (χ0n) is 16.2. The fourth-order valence-electron chi connectivity index (χ4n) is 1.99. The number of hydrogen-bond acceptors (Lipinski definition) is 3. The van der Waals surface area contributed by atoms with Crippen LogP contribution in [0.15, 0.2) is 84.4 Å². The summed E-state index contributed by atoms with van der Waals surface area (Å²) in [5, 5.41) is 3.13. The topological polar surface area (TPSA) is 30.5 Å². The molecule has 0 atom stereocenters. The fourth-order valence-corrected chi connectivity index (χ4v) is 1.99. The van der Waals surface area contributed by atoms with Crippen LogP contribution in [0, 0.1) is 0 Å². The summed E-state index contributed by atoms with van der Waals surface area (Å²) in [7, 11) is 1.90. The Kier molecular flexibility index (Phi) is 13.9. The molecular formula is C22H33NO2. The first-order valence-electron chi connectivity index (χ1n) is 8.72. The molecule has 0 fully saturated rings. The Labute approximate surface area is 153 Å². The minimum atomic E-state index is 0.609. The van der Waals surface area contributed by atoms with Crippen molar-refractivity contribution >= 4 is 0 Å². The van der Waals surface area contributed by atoms with Crippen molar-refractivity contribution in [1.82, 2.24) is 5.32 Å². The first-order valence-corrected chi connectivity index (χ1v) is 8.72. The van der Waals surface area contributed by atoms with Crippen molar-refractivity contribution < 1.29 is 9.47 Å². The van der Waals surface area contributed by atoms with E-state index in [2.05, 4.69) is 30.6 Å². The summed E-state index contributed by atoms with van der Waals surface area (Å²) in [6.07, 6.45) is 16.5. The number of likely N-dealkylation sites (N-methyl/N-ethyl adjacent to an activating group) is 1. The molecule has 0 bridgehead atoms. The second-order valence-electron chi connectivity index (χ2n) is 5.07. The van der Waals surface area contributed by atoms with Gasteiger partial charge in [0, 0.05) is 32.4 Å². The van der Waals surface area contributed by atoms with Gasteiger partial charge in [0.05, 0.1) is 6.61 Å². The van der Waals surface area contributed by atoms with Crippen LogP contribution < -0.4 is 5.32 Å². The van der Waals surface area contributed by atoms with E-state index in [1.807, 2.05) is 58.2 Å². The minimum Gasteiger partial charge on any atom is -0.494 e. The van der Waals surface area contributed by atoms with E-state index in [0.29, 0.717) is 13.2 Å². The van der Waals surface area contributed by atoms with Gasteiger partial charge in [0.2, 0.25) is 0 Å². The normalized spacial score (nSPS) is 13.9. The lowest BCUT2D eigenvalue weighted by Gasteiger charge is -2.07. The molecule has 0 unspecified atom stereocenters. The van der Waals surface area contributed by atoms with Gasteiger partial charge >= 0.3 is 0 Å². The molecule has 0 aliphatic carbocycles. The summed E-state index contributed by atoms with van der Waals surface area (Å²) in [4.78, 5) is 0. The Balaban J connectivity index is 5.02. The number of ether oxygens (including phenoxy) is 2. The van der Waals surface area contributed by atoms with Gasteiger partial charge in [0.1, 0.15) is 5.76 Å². The van der Waals surface area contributed by atoms with Crippen molar-refractivity contribution in [2.45, 2.75) is 27.2 Å². The van der Waals surface area contributed by atoms with Gasteiger partial charge in [0.25, 0.3) is 0 Å². The van der Waals surface area contributed by atoms with Crippen LogP contribution in [0.4, 0.5) is 0 Å². The van der Waals surface area contributed by atoms with Gasteiger partial charge in [-0.2, -0.15) is 0 Å². The van der Waals surface area contributed by atoms with E-state index >= 15 is 0 Å². The largest absolute Gasteiger partial charge is 0.494 e. The van der Waals surface area contributed by atoms with Crippen LogP contribution in [0.2, 0.25) is 0 Å². The van der Waals surface area contributed by atoms with E-state index in [1.54, 1.807) is 6.08 Å². The molecule has 25 heavy (non-hydrogen) atoms. The van der Waals surface area contributed by atoms with E-state index in [1.165, 1.54) is 0 Å². The maximum absolute atomic E-state index is 5.71. The molecule has 0 aliphatic heterocycles. The Hall–Kier alpha value is -2.26. The third-order valence-electron chi connectivity index (χ3n) is 3.44. The van der Waals surface area contributed by atoms with E-state index in [-0.39, 0.29) is 0 Å². The van der Waals surface area contributed by atoms with Crippen LogP contribution >= 0.6 is 0 Å². The van der Waals surface area contributed by atoms with Crippen molar-refractivity contribution in [2.75, 3.05) is 26.9 Å². The lowest BCUT2D eigenvalue weighted by atomic mass is 10.0. The average molecular weight is 344 g/mol. The maximum atomic E-state index is 5.71. The van der Waals surface area contributed by atoms with Gasteiger partial charge in [-0.05, 0) is 50.1 Å². The lowest BCUT2D eigenvalue weighted by Crippen LogP contribution is -2.02. The van der Waals surface area contributed by atoms with Crippen LogP contribution in [-0.2, 0) is 9.47 Å². The standard InChI is InChI=1S/C22H33NO2/c1-7-19(13-15-21(9-3)23-6)20(8-2)14-16-22(10-4)25-18-12-17-24-11-5/h7-10,13-16,23H,2,4,11-12,17-18H2,1,3,5-6H3/b15-13-,19-7+,20-14+,21-9+,22-16+. The Morgan fingerprint density at radius 1 is 0.960 bits per heavy atom. The number of hydrogen-bond donors (Lipinski definition) is 1. The Morgan fingerprint density at radius 3 is 2.24 bits per heavy atom. The van der Waals surface area contributed by atoms with Gasteiger partial charge < -0.3 is 14.8 Å². The second kappa shape index (κ2) is 15.3. The highest BCUT2D eigenvalue weighted by Crippen LogP contribution is 2.15. The molecule has 0 aromatic heterocycles. The molecule has 0 saturated heterocycles. The van der Waals surface area contributed by atoms with E-state index in [0.717, 1.165) is 35.6 Å². The second-order valence-corrected chi connectivity index (χ2v) is 5.07. The number of allylic oxidation sites excluding steroid dienone is 10. The van der Waals surface area contributed by atoms with Crippen molar-refractivity contribution in [3.05, 3.63) is 84.4 Å². The third kappa shape index (κ3) is 10.3. The fraction of sp³-hybridized carbons (Fsp3) is 0.364. The molecule has 0 aromatic rings. The van der Waals surface area contributed by atoms with Crippen LogP contribution in [0.1, 0.15) is 27.2 Å². The molecule has 3 heteroatoms. The summed E-state index contributed by atoms with van der Waals surface area (Å²) in [6, 6.07) is 0. The molecule has 0 saturated carbocycles. The summed E-state index contributed by atoms with van der Waals surface area (Å²) in [5.74, 6) is 0.736. The smallest absolute Gasteiger partial charge is 0.118 e. The highest BCUT2D eigenvalue weighted by molar-refractivity contribution is 5.48. The van der Waals surface area contributed by atoms with E-state index in [9.17, 15) is 0 Å². The molecule has 0 radical (unpaired) electrons. The average Bonchev–Trinajstić information content (AvgIpc) is 2.65. The molecule has 3 nitrogen and oxygen atoms in total. The first-order chi connectivity index (χ1) is 12.2. The van der Waals surface area contributed by atoms with Gasteiger partial charge in [0.15, 0.2) is 0 Å². The van der Waals surface area contributed by atoms with Crippen LogP contribution in [-0.4, -0.2) is 26.9 Å². The molecule has 0 amide bonds. The third-order valence-corrected chi connectivity index (χ3v) is 3.44. The highest BCUT2D eigenvalue weighted by Gasteiger charge is 1.98. The number of rotatable bonds is 13. The molecule has 138 valence electrons. The first kappa shape index (κ1) is 22.7. The maximum Gasteiger partial charge on any atom is 0.118 e. The quantitative estimate of drug-likeness (QED) is 0.282. The van der Waals surface area contributed by atoms with E-state index in [4.69, 9.17) is 9.47 Å². The SMILES string of the molecule is C=C\C(=C/C=C(C=C)/C(/C=C\C(=C/C)NC)=C/C)OCCCOCC. The van der Waals surface area contributed by atoms with Crippen LogP contribution in [0.3, 0.4) is 0 Å². The van der Waals surface area contributed by atoms with Crippen LogP contribution in [0.25, 0.3) is 0 Å². The highest BCUT2D eigenvalue weighted by atomic mass is 16.5. The van der Waals surface area contributed by atoms with Crippen molar-refractivity contribution in [3.63, 3.8) is 0 Å². The predicted octanol–water partition coefficient (Wildman–Crippen LogP) is 5.24. The summed E-state index contributed by atoms with van der Waals surface area (Å²) >= 11 is 0. The molecule has 0 rings (SSSR count). The van der Waals surface area contributed by atoms with Crippen molar-refractivity contribution in [2.24, 2.45) is 0 Å². The summed E-state index contributed by atoms with van der Waals surface area (Å²) in [6.45, 7) is 15.8. The van der Waals surface area contributed by atoms with Gasteiger partial charge in [-0.1, -0.05) is 43.5 Å². The van der Waals surface area contributed by atoms with Gasteiger partial charge in [-0.15, -0.1) is 0 Å². The van der Waals surface area contributed by atoms with E-state index < -0.39 is 0 Å². The Morgan fingerprint density at radius 2 is 1.72 bits per heavy atom. The lowest BCUT2D eigenvalue weighted by molar-refractivity contribution is 0.118. The number of nitrogens with one attached hydrogen (secondary N) is 1. The van der Waals surface area contributed by atoms with Crippen LogP contribution in [0.5, 0.6) is 0 Å². The minimum absolute atomic E-state index is 0.609. The van der Waals surface area contributed by atoms with Crippen molar-refractivity contribution in [3.8, 4) is 0 Å². The molecule has 1 N–H and O–H groups in total. The Bertz CT molecular complexity index is 548. The zero-order valence-corrected chi connectivity index (χ0v) is 16.2. The monoisotopic (exact) mass is 343 g/mol. The summed E-state index contributed by atoms with van der Waals surface area (Å²) in [5.41, 5.74) is 3.16. The molecule has 0 heterocycles. The van der Waals surface area contributed by atoms with Crippen molar-refractivity contribution in [1.29, 1.82) is 0 Å². The zero-order chi connectivity index (χ0) is 18.9. The predicted molar refractivity (Wildman–Crippen MR) is 109 cm³/mol. The molecule has 0 aliphatic rings. The molecule has 0 spiro atoms. The van der Waals surface area contributed by atoms with Gasteiger partial charge in [-0.3, -0.25) is 0 Å². The molecule has 0 aromatic carbocycles. The molecular weight excluding hydrogens is 310 g/mol. The summed E-state index contributed by atoms with van der Waals surface area (Å²) < 4.78 is 11.0. The van der Waals surface area contributed by atoms with Gasteiger partial charge in [-0.25, -0.2) is 0 Å².